The molecule has 0 saturated carbocycles. The highest BCUT2D eigenvalue weighted by Gasteiger charge is 2.39. The van der Waals surface area contributed by atoms with Gasteiger partial charge in [0, 0.05) is 6.54 Å². The number of hydrogen-bond acceptors (Lipinski definition) is 6. The van der Waals surface area contributed by atoms with E-state index in [-0.39, 0.29) is 23.2 Å². The van der Waals surface area contributed by atoms with Gasteiger partial charge in [-0.3, -0.25) is 4.79 Å². The molecule has 1 aromatic carbocycles. The summed E-state index contributed by atoms with van der Waals surface area (Å²) in [4.78, 5) is 14.4. The first kappa shape index (κ1) is 16.5. The van der Waals surface area contributed by atoms with E-state index in [1.165, 1.54) is 0 Å². The third-order valence-electron chi connectivity index (χ3n) is 3.65. The zero-order valence-corrected chi connectivity index (χ0v) is 13.0. The van der Waals surface area contributed by atoms with E-state index in [1.807, 2.05) is 0 Å². The second-order valence-corrected chi connectivity index (χ2v) is 7.06. The number of aromatic nitrogens is 2. The van der Waals surface area contributed by atoms with E-state index in [0.717, 1.165) is 16.4 Å². The van der Waals surface area contributed by atoms with E-state index in [2.05, 4.69) is 10.1 Å². The molecule has 0 radical (unpaired) electrons. The third-order valence-corrected chi connectivity index (χ3v) is 5.55. The lowest BCUT2D eigenvalue weighted by atomic mass is 10.2. The molecule has 1 aliphatic rings. The average molecular weight is 358 g/mol. The van der Waals surface area contributed by atoms with Gasteiger partial charge in [0.1, 0.15) is 6.04 Å². The van der Waals surface area contributed by atoms with Crippen LogP contribution in [0.15, 0.2) is 27.6 Å². The highest BCUT2D eigenvalue weighted by atomic mass is 32.2. The Bertz CT molecular complexity index is 899. The molecule has 0 unspecified atom stereocenters. The SMILES string of the molecule is NC(=O)c1noc([C@@H]2CCCN2S(=O)(=O)c2ccc(F)c(F)c2)n1. The van der Waals surface area contributed by atoms with Gasteiger partial charge < -0.3 is 10.3 Å². The van der Waals surface area contributed by atoms with Crippen LogP contribution in [-0.2, 0) is 10.0 Å². The molecule has 1 atom stereocenters. The molecule has 0 aliphatic carbocycles. The summed E-state index contributed by atoms with van der Waals surface area (Å²) in [5.41, 5.74) is 5.04. The van der Waals surface area contributed by atoms with Crippen LogP contribution >= 0.6 is 0 Å². The van der Waals surface area contributed by atoms with Crippen LogP contribution in [0.5, 0.6) is 0 Å². The molecule has 1 amide bonds. The second-order valence-electron chi connectivity index (χ2n) is 5.17. The van der Waals surface area contributed by atoms with Gasteiger partial charge in [-0.2, -0.15) is 9.29 Å². The van der Waals surface area contributed by atoms with Crippen LogP contribution in [0.1, 0.15) is 35.4 Å². The van der Waals surface area contributed by atoms with Gasteiger partial charge in [0.2, 0.25) is 15.9 Å². The monoisotopic (exact) mass is 358 g/mol. The lowest BCUT2D eigenvalue weighted by Gasteiger charge is -2.21. The molecule has 3 rings (SSSR count). The van der Waals surface area contributed by atoms with Gasteiger partial charge >= 0.3 is 0 Å². The first-order valence-electron chi connectivity index (χ1n) is 6.91. The number of halogens is 2. The number of sulfonamides is 1. The smallest absolute Gasteiger partial charge is 0.290 e. The topological polar surface area (TPSA) is 119 Å². The number of rotatable bonds is 4. The van der Waals surface area contributed by atoms with E-state index in [0.29, 0.717) is 18.9 Å². The predicted molar refractivity (Wildman–Crippen MR) is 75.0 cm³/mol. The maximum Gasteiger partial charge on any atom is 0.290 e. The van der Waals surface area contributed by atoms with Crippen LogP contribution in [-0.4, -0.2) is 35.3 Å². The Kier molecular flexibility index (Phi) is 4.05. The molecule has 1 saturated heterocycles. The normalized spacial score (nSPS) is 18.8. The van der Waals surface area contributed by atoms with E-state index in [1.54, 1.807) is 0 Å². The Morgan fingerprint density at radius 2 is 2.08 bits per heavy atom. The van der Waals surface area contributed by atoms with Crippen molar-refractivity contribution in [2.45, 2.75) is 23.8 Å². The quantitative estimate of drug-likeness (QED) is 0.870. The lowest BCUT2D eigenvalue weighted by molar-refractivity contribution is 0.0987. The van der Waals surface area contributed by atoms with Gasteiger partial charge in [0.25, 0.3) is 11.7 Å². The van der Waals surface area contributed by atoms with Gasteiger partial charge in [0.05, 0.1) is 4.90 Å². The molecule has 1 aromatic heterocycles. The molecule has 0 spiro atoms. The second kappa shape index (κ2) is 5.91. The molecule has 2 aromatic rings. The van der Waals surface area contributed by atoms with Crippen molar-refractivity contribution in [1.29, 1.82) is 0 Å². The predicted octanol–water partition coefficient (Wildman–Crippen LogP) is 0.972. The first-order valence-corrected chi connectivity index (χ1v) is 8.35. The van der Waals surface area contributed by atoms with E-state index in [9.17, 15) is 22.0 Å². The van der Waals surface area contributed by atoms with Crippen molar-refractivity contribution < 1.29 is 26.5 Å². The van der Waals surface area contributed by atoms with Crippen molar-refractivity contribution in [1.82, 2.24) is 14.4 Å². The molecule has 2 N–H and O–H groups in total. The highest BCUT2D eigenvalue weighted by Crippen LogP contribution is 2.35. The van der Waals surface area contributed by atoms with Crippen molar-refractivity contribution >= 4 is 15.9 Å². The molecule has 24 heavy (non-hydrogen) atoms. The van der Waals surface area contributed by atoms with Gasteiger partial charge in [0.15, 0.2) is 11.6 Å². The fraction of sp³-hybridized carbons (Fsp3) is 0.308. The molecule has 0 bridgehead atoms. The number of amides is 1. The minimum atomic E-state index is -4.10. The lowest BCUT2D eigenvalue weighted by Crippen LogP contribution is -2.31. The number of carbonyl (C=O) groups is 1. The summed E-state index contributed by atoms with van der Waals surface area (Å²) in [6.45, 7) is 0.139. The van der Waals surface area contributed by atoms with E-state index >= 15 is 0 Å². The number of carbonyl (C=O) groups excluding carboxylic acids is 1. The summed E-state index contributed by atoms with van der Waals surface area (Å²) in [5, 5.41) is 3.38. The maximum absolute atomic E-state index is 13.4. The number of primary amides is 1. The molecule has 8 nitrogen and oxygen atoms in total. The first-order chi connectivity index (χ1) is 11.3. The van der Waals surface area contributed by atoms with Crippen molar-refractivity contribution in [2.24, 2.45) is 5.73 Å². The number of nitrogens with two attached hydrogens (primary N) is 1. The van der Waals surface area contributed by atoms with E-state index < -0.39 is 33.6 Å². The summed E-state index contributed by atoms with van der Waals surface area (Å²) < 4.78 is 57.7. The fourth-order valence-corrected chi connectivity index (χ4v) is 4.18. The molecule has 128 valence electrons. The Morgan fingerprint density at radius 3 is 2.71 bits per heavy atom. The Balaban J connectivity index is 1.96. The summed E-state index contributed by atoms with van der Waals surface area (Å²) in [7, 11) is -4.10. The van der Waals surface area contributed by atoms with Gasteiger partial charge in [-0.1, -0.05) is 5.16 Å². The minimum Gasteiger partial charge on any atom is -0.363 e. The summed E-state index contributed by atoms with van der Waals surface area (Å²) in [6.07, 6.45) is 0.880. The molecular weight excluding hydrogens is 346 g/mol. The molecule has 11 heteroatoms. The van der Waals surface area contributed by atoms with Gasteiger partial charge in [-0.25, -0.2) is 17.2 Å². The van der Waals surface area contributed by atoms with Gasteiger partial charge in [-0.05, 0) is 31.0 Å². The van der Waals surface area contributed by atoms with Crippen LogP contribution in [0.25, 0.3) is 0 Å². The highest BCUT2D eigenvalue weighted by molar-refractivity contribution is 7.89. The average Bonchev–Trinajstić information content (AvgIpc) is 3.17. The summed E-state index contributed by atoms with van der Waals surface area (Å²) in [6, 6.07) is 1.53. The van der Waals surface area contributed by atoms with Crippen molar-refractivity contribution in [2.75, 3.05) is 6.54 Å². The van der Waals surface area contributed by atoms with Crippen LogP contribution in [0, 0.1) is 11.6 Å². The van der Waals surface area contributed by atoms with Crippen molar-refractivity contribution in [3.63, 3.8) is 0 Å². The summed E-state index contributed by atoms with van der Waals surface area (Å²) >= 11 is 0. The third kappa shape index (κ3) is 2.76. The van der Waals surface area contributed by atoms with Gasteiger partial charge in [-0.15, -0.1) is 0 Å². The van der Waals surface area contributed by atoms with Crippen LogP contribution in [0.4, 0.5) is 8.78 Å². The Morgan fingerprint density at radius 1 is 1.33 bits per heavy atom. The maximum atomic E-state index is 13.4. The Labute approximate surface area is 135 Å². The van der Waals surface area contributed by atoms with E-state index in [4.69, 9.17) is 10.3 Å². The number of nitrogens with zero attached hydrogens (tertiary/aromatic N) is 3. The zero-order valence-electron chi connectivity index (χ0n) is 12.1. The number of benzene rings is 1. The van der Waals surface area contributed by atoms with Crippen LogP contribution in [0.3, 0.4) is 0 Å². The summed E-state index contributed by atoms with van der Waals surface area (Å²) in [5.74, 6) is -3.75. The standard InChI is InChI=1S/C13H12F2N4O4S/c14-8-4-3-7(6-9(8)15)24(21,22)19-5-1-2-10(19)13-17-12(11(16)20)18-23-13/h3-4,6,10H,1-2,5H2,(H2,16,20)/t10-/m0/s1. The Hall–Kier alpha value is -2.40. The van der Waals surface area contributed by atoms with Crippen LogP contribution in [0.2, 0.25) is 0 Å². The number of hydrogen-bond donors (Lipinski definition) is 1. The minimum absolute atomic E-state index is 0.0764. The molecule has 2 heterocycles. The zero-order chi connectivity index (χ0) is 17.5. The molecule has 1 aliphatic heterocycles. The largest absolute Gasteiger partial charge is 0.363 e. The molecule has 1 fully saturated rings. The molecular formula is C13H12F2N4O4S. The van der Waals surface area contributed by atoms with Crippen molar-refractivity contribution in [3.8, 4) is 0 Å². The van der Waals surface area contributed by atoms with Crippen molar-refractivity contribution in [3.05, 3.63) is 41.5 Å². The fourth-order valence-electron chi connectivity index (χ4n) is 2.52. The van der Waals surface area contributed by atoms with Crippen LogP contribution < -0.4 is 5.73 Å².